The van der Waals surface area contributed by atoms with E-state index < -0.39 is 0 Å². The summed E-state index contributed by atoms with van der Waals surface area (Å²) in [6.45, 7) is 2.91. The lowest BCUT2D eigenvalue weighted by Gasteiger charge is -2.22. The van der Waals surface area contributed by atoms with Crippen molar-refractivity contribution >= 4 is 29.2 Å². The molecule has 1 unspecified atom stereocenters. The molecule has 2 heterocycles. The Kier molecular flexibility index (Phi) is 5.59. The van der Waals surface area contributed by atoms with Crippen LogP contribution in [-0.4, -0.2) is 35.7 Å². The van der Waals surface area contributed by atoms with E-state index in [2.05, 4.69) is 20.8 Å². The summed E-state index contributed by atoms with van der Waals surface area (Å²) in [6.07, 6.45) is 3.53. The Morgan fingerprint density at radius 3 is 3.05 bits per heavy atom. The van der Waals surface area contributed by atoms with Gasteiger partial charge in [0, 0.05) is 11.9 Å². The summed E-state index contributed by atoms with van der Waals surface area (Å²) in [7, 11) is 0. The van der Waals surface area contributed by atoms with Crippen molar-refractivity contribution in [1.29, 1.82) is 0 Å². The van der Waals surface area contributed by atoms with Gasteiger partial charge in [-0.1, -0.05) is 18.2 Å². The van der Waals surface area contributed by atoms with E-state index in [4.69, 9.17) is 0 Å². The predicted molar refractivity (Wildman–Crippen MR) is 85.9 cm³/mol. The first kappa shape index (κ1) is 15.8. The molecule has 5 nitrogen and oxygen atoms in total. The fourth-order valence-electron chi connectivity index (χ4n) is 2.78. The third kappa shape index (κ3) is 3.74. The van der Waals surface area contributed by atoms with E-state index in [9.17, 15) is 4.79 Å². The fourth-order valence-corrected chi connectivity index (χ4v) is 2.78. The highest BCUT2D eigenvalue weighted by molar-refractivity contribution is 6.04. The molecule has 0 radical (unpaired) electrons. The number of aromatic nitrogens is 2. The number of para-hydroxylation sites is 1. The number of aromatic amines is 1. The first-order valence-electron chi connectivity index (χ1n) is 7.26. The van der Waals surface area contributed by atoms with Crippen LogP contribution in [0.2, 0.25) is 0 Å². The monoisotopic (exact) mass is 308 g/mol. The molecule has 6 heteroatoms. The lowest BCUT2D eigenvalue weighted by Crippen LogP contribution is -2.33. The van der Waals surface area contributed by atoms with Gasteiger partial charge in [0.2, 0.25) is 0 Å². The number of amides is 1. The number of rotatable bonds is 4. The number of H-pyrrole nitrogens is 1. The fraction of sp³-hybridized carbons (Fsp3) is 0.467. The largest absolute Gasteiger partial charge is 0.351 e. The summed E-state index contributed by atoms with van der Waals surface area (Å²) in [5.74, 6) is 0.589. The van der Waals surface area contributed by atoms with Crippen molar-refractivity contribution in [2.45, 2.75) is 19.3 Å². The second kappa shape index (κ2) is 7.43. The normalized spacial score (nSPS) is 18.2. The number of carbonyl (C=O) groups is 1. The van der Waals surface area contributed by atoms with E-state index in [0.29, 0.717) is 18.2 Å². The maximum atomic E-state index is 12.2. The summed E-state index contributed by atoms with van der Waals surface area (Å²) in [4.78, 5) is 12.2. The van der Waals surface area contributed by atoms with Crippen molar-refractivity contribution in [2.75, 3.05) is 19.6 Å². The van der Waals surface area contributed by atoms with Crippen LogP contribution in [0.5, 0.6) is 0 Å². The van der Waals surface area contributed by atoms with Gasteiger partial charge < -0.3 is 10.6 Å². The molecule has 1 aliphatic rings. The average Bonchev–Trinajstić information content (AvgIpc) is 2.92. The van der Waals surface area contributed by atoms with E-state index in [0.717, 1.165) is 30.4 Å². The number of carbonyl (C=O) groups excluding carboxylic acids is 1. The van der Waals surface area contributed by atoms with Crippen LogP contribution in [0.15, 0.2) is 24.3 Å². The van der Waals surface area contributed by atoms with Crippen LogP contribution in [-0.2, 0) is 0 Å². The molecule has 1 aliphatic heterocycles. The molecular weight excluding hydrogens is 288 g/mol. The summed E-state index contributed by atoms with van der Waals surface area (Å²) in [5, 5.41) is 14.2. The van der Waals surface area contributed by atoms with Crippen molar-refractivity contribution in [1.82, 2.24) is 20.8 Å². The Bertz CT molecular complexity index is 592. The topological polar surface area (TPSA) is 69.8 Å². The standard InChI is InChI=1S/C15H20N4O.ClH/c20-15(17-9-7-11-4-3-8-16-10-11)14-12-5-1-2-6-13(12)18-19-14;/h1-2,5-6,11,16H,3-4,7-10H2,(H,17,20)(H,18,19);1H. The van der Waals surface area contributed by atoms with Gasteiger partial charge in [0.1, 0.15) is 0 Å². The van der Waals surface area contributed by atoms with Crippen LogP contribution in [0.25, 0.3) is 10.9 Å². The Balaban J connectivity index is 0.00000161. The average molecular weight is 309 g/mol. The summed E-state index contributed by atoms with van der Waals surface area (Å²) in [6, 6.07) is 7.69. The highest BCUT2D eigenvalue weighted by Crippen LogP contribution is 2.15. The van der Waals surface area contributed by atoms with E-state index >= 15 is 0 Å². The van der Waals surface area contributed by atoms with Crippen LogP contribution >= 0.6 is 12.4 Å². The molecule has 0 saturated carbocycles. The number of nitrogens with zero attached hydrogens (tertiary/aromatic N) is 1. The Morgan fingerprint density at radius 1 is 1.38 bits per heavy atom. The zero-order valence-corrected chi connectivity index (χ0v) is 12.7. The Hall–Kier alpha value is -1.59. The van der Waals surface area contributed by atoms with Crippen molar-refractivity contribution in [2.24, 2.45) is 5.92 Å². The van der Waals surface area contributed by atoms with Crippen LogP contribution in [0.1, 0.15) is 29.8 Å². The molecule has 1 atom stereocenters. The van der Waals surface area contributed by atoms with E-state index in [1.807, 2.05) is 24.3 Å². The van der Waals surface area contributed by atoms with Crippen molar-refractivity contribution < 1.29 is 4.79 Å². The van der Waals surface area contributed by atoms with E-state index in [-0.39, 0.29) is 18.3 Å². The molecular formula is C15H21ClN4O. The molecule has 0 spiro atoms. The molecule has 3 N–H and O–H groups in total. The minimum absolute atomic E-state index is 0. The molecule has 1 aromatic heterocycles. The zero-order chi connectivity index (χ0) is 13.8. The zero-order valence-electron chi connectivity index (χ0n) is 11.9. The van der Waals surface area contributed by atoms with Crippen LogP contribution in [0, 0.1) is 5.92 Å². The van der Waals surface area contributed by atoms with Gasteiger partial charge in [0.05, 0.1) is 5.52 Å². The molecule has 1 amide bonds. The molecule has 1 fully saturated rings. The molecule has 0 aliphatic carbocycles. The van der Waals surface area contributed by atoms with Crippen molar-refractivity contribution in [3.8, 4) is 0 Å². The third-order valence-corrected chi connectivity index (χ3v) is 3.92. The highest BCUT2D eigenvalue weighted by Gasteiger charge is 2.15. The van der Waals surface area contributed by atoms with E-state index in [1.54, 1.807) is 0 Å². The Labute approximate surface area is 130 Å². The quantitative estimate of drug-likeness (QED) is 0.810. The first-order valence-corrected chi connectivity index (χ1v) is 7.26. The molecule has 3 rings (SSSR count). The third-order valence-electron chi connectivity index (χ3n) is 3.92. The van der Waals surface area contributed by atoms with Gasteiger partial charge in [-0.15, -0.1) is 12.4 Å². The van der Waals surface area contributed by atoms with Crippen molar-refractivity contribution in [3.63, 3.8) is 0 Å². The molecule has 1 aromatic carbocycles. The van der Waals surface area contributed by atoms with Crippen LogP contribution < -0.4 is 10.6 Å². The van der Waals surface area contributed by atoms with Gasteiger partial charge in [-0.3, -0.25) is 9.89 Å². The molecule has 1 saturated heterocycles. The lowest BCUT2D eigenvalue weighted by atomic mass is 9.96. The van der Waals surface area contributed by atoms with Gasteiger partial charge >= 0.3 is 0 Å². The van der Waals surface area contributed by atoms with Gasteiger partial charge in [-0.25, -0.2) is 0 Å². The number of nitrogens with one attached hydrogen (secondary N) is 3. The van der Waals surface area contributed by atoms with Crippen molar-refractivity contribution in [3.05, 3.63) is 30.0 Å². The van der Waals surface area contributed by atoms with Crippen LogP contribution in [0.4, 0.5) is 0 Å². The summed E-state index contributed by atoms with van der Waals surface area (Å²) >= 11 is 0. The summed E-state index contributed by atoms with van der Waals surface area (Å²) in [5.41, 5.74) is 1.39. The second-order valence-electron chi connectivity index (χ2n) is 5.37. The minimum Gasteiger partial charge on any atom is -0.351 e. The maximum Gasteiger partial charge on any atom is 0.272 e. The molecule has 114 valence electrons. The molecule has 2 aromatic rings. The number of hydrogen-bond donors (Lipinski definition) is 3. The SMILES string of the molecule is Cl.O=C(NCCC1CCCNC1)c1n[nH]c2ccccc12. The van der Waals surface area contributed by atoms with Gasteiger partial charge in [-0.05, 0) is 44.3 Å². The molecule has 0 bridgehead atoms. The number of fused-ring (bicyclic) bond motifs is 1. The smallest absolute Gasteiger partial charge is 0.272 e. The van der Waals surface area contributed by atoms with Gasteiger partial charge in [0.25, 0.3) is 5.91 Å². The van der Waals surface area contributed by atoms with Gasteiger partial charge in [-0.2, -0.15) is 5.10 Å². The number of hydrogen-bond acceptors (Lipinski definition) is 3. The lowest BCUT2D eigenvalue weighted by molar-refractivity contribution is 0.0947. The predicted octanol–water partition coefficient (Wildman–Crippen LogP) is 2.10. The number of benzene rings is 1. The second-order valence-corrected chi connectivity index (χ2v) is 5.37. The number of halogens is 1. The minimum atomic E-state index is -0.0915. The maximum absolute atomic E-state index is 12.2. The molecule has 21 heavy (non-hydrogen) atoms. The van der Waals surface area contributed by atoms with Gasteiger partial charge in [0.15, 0.2) is 5.69 Å². The highest BCUT2D eigenvalue weighted by atomic mass is 35.5. The first-order chi connectivity index (χ1) is 9.84. The number of piperidine rings is 1. The Morgan fingerprint density at radius 2 is 2.24 bits per heavy atom. The van der Waals surface area contributed by atoms with E-state index in [1.165, 1.54) is 12.8 Å². The van der Waals surface area contributed by atoms with Crippen LogP contribution in [0.3, 0.4) is 0 Å². The summed E-state index contributed by atoms with van der Waals surface area (Å²) < 4.78 is 0.